The maximum Gasteiger partial charge on any atom is 0.194 e. The summed E-state index contributed by atoms with van der Waals surface area (Å²) in [4.78, 5) is 13.0. The van der Waals surface area contributed by atoms with Crippen LogP contribution in [0, 0.1) is 5.92 Å². The van der Waals surface area contributed by atoms with Crippen molar-refractivity contribution in [2.45, 2.75) is 25.2 Å². The Balaban J connectivity index is 2.09. The minimum atomic E-state index is -1.33. The minimum Gasteiger partial charge on any atom is -0.507 e. The van der Waals surface area contributed by atoms with Crippen molar-refractivity contribution in [3.63, 3.8) is 0 Å². The number of benzene rings is 2. The van der Waals surface area contributed by atoms with Gasteiger partial charge >= 0.3 is 0 Å². The van der Waals surface area contributed by atoms with E-state index < -0.39 is 24.2 Å². The Kier molecular flexibility index (Phi) is 3.40. The third-order valence-electron chi connectivity index (χ3n) is 5.32. The number of ether oxygens (including phenoxy) is 1. The van der Waals surface area contributed by atoms with E-state index in [-0.39, 0.29) is 33.8 Å². The Bertz CT molecular complexity index is 903. The Hall–Kier alpha value is -2.41. The molecule has 0 saturated carbocycles. The van der Waals surface area contributed by atoms with E-state index in [1.165, 1.54) is 13.2 Å². The van der Waals surface area contributed by atoms with Crippen molar-refractivity contribution in [1.29, 1.82) is 0 Å². The van der Waals surface area contributed by atoms with Gasteiger partial charge in [0.25, 0.3) is 0 Å². The van der Waals surface area contributed by atoms with E-state index in [0.717, 1.165) is 0 Å². The summed E-state index contributed by atoms with van der Waals surface area (Å²) in [6, 6.07) is 6.34. The molecule has 0 radical (unpaired) electrons. The topological polar surface area (TPSA) is 107 Å². The number of aliphatic hydroxyl groups excluding tert-OH is 3. The number of hydrogen-bond donors (Lipinski definition) is 4. The van der Waals surface area contributed by atoms with Crippen LogP contribution in [0.1, 0.15) is 46.2 Å². The van der Waals surface area contributed by atoms with Crippen LogP contribution < -0.4 is 4.74 Å². The number of carbonyl (C=O) groups is 1. The average Bonchev–Trinajstić information content (AvgIpc) is 2.92. The number of phenols is 1. The van der Waals surface area contributed by atoms with Gasteiger partial charge in [0.1, 0.15) is 17.6 Å². The Morgan fingerprint density at radius 2 is 1.76 bits per heavy atom. The molecule has 2 aliphatic rings. The molecule has 25 heavy (non-hydrogen) atoms. The Labute approximate surface area is 143 Å². The molecule has 6 heteroatoms. The van der Waals surface area contributed by atoms with Crippen LogP contribution in [0.25, 0.3) is 11.1 Å². The molecular weight excluding hydrogens is 324 g/mol. The molecule has 0 heterocycles. The summed E-state index contributed by atoms with van der Waals surface area (Å²) in [6.45, 7) is 1.60. The molecule has 0 amide bonds. The summed E-state index contributed by atoms with van der Waals surface area (Å²) in [5.41, 5.74) is 1.64. The molecule has 2 aromatic rings. The number of hydrogen-bond acceptors (Lipinski definition) is 6. The summed E-state index contributed by atoms with van der Waals surface area (Å²) < 4.78 is 5.32. The highest BCUT2D eigenvalue weighted by molar-refractivity contribution is 6.24. The maximum absolute atomic E-state index is 13.0. The summed E-state index contributed by atoms with van der Waals surface area (Å²) in [5.74, 6) is -0.739. The van der Waals surface area contributed by atoms with Crippen LogP contribution in [0.3, 0.4) is 0 Å². The quantitative estimate of drug-likeness (QED) is 0.536. The predicted octanol–water partition coefficient (Wildman–Crippen LogP) is 1.69. The number of ketones is 1. The predicted molar refractivity (Wildman–Crippen MR) is 88.6 cm³/mol. The van der Waals surface area contributed by atoms with E-state index >= 15 is 0 Å². The molecular formula is C19H18O6. The Morgan fingerprint density at radius 1 is 1.04 bits per heavy atom. The standard InChI is InChI=1S/C19H18O6/c1-7-16(21)9-6-10(20)14-12-8(4-3-5-11(12)25-2)18(23)15(14)13(9)19(24)17(7)22/h3-7,16-17,19-22,24H,1-2H3/t7-,16+,17-,19-/m1/s1. The van der Waals surface area contributed by atoms with Crippen LogP contribution in [0.4, 0.5) is 0 Å². The molecule has 0 unspecified atom stereocenters. The van der Waals surface area contributed by atoms with Gasteiger partial charge in [-0.2, -0.15) is 0 Å². The lowest BCUT2D eigenvalue weighted by Gasteiger charge is -2.36. The van der Waals surface area contributed by atoms with Crippen LogP contribution in [0.2, 0.25) is 0 Å². The van der Waals surface area contributed by atoms with Gasteiger partial charge in [0.2, 0.25) is 0 Å². The van der Waals surface area contributed by atoms with Gasteiger partial charge in [0, 0.05) is 33.7 Å². The van der Waals surface area contributed by atoms with Gasteiger partial charge in [0.05, 0.1) is 19.3 Å². The number of phenolic OH excluding ortho intramolecular Hbond substituents is 1. The first kappa shape index (κ1) is 16.1. The maximum atomic E-state index is 13.0. The summed E-state index contributed by atoms with van der Waals surface area (Å²) >= 11 is 0. The number of aliphatic hydroxyl groups is 3. The van der Waals surface area contributed by atoms with Crippen LogP contribution >= 0.6 is 0 Å². The molecule has 0 saturated heterocycles. The normalized spacial score (nSPS) is 26.8. The first-order chi connectivity index (χ1) is 11.9. The van der Waals surface area contributed by atoms with Gasteiger partial charge in [-0.1, -0.05) is 19.1 Å². The van der Waals surface area contributed by atoms with Crippen molar-refractivity contribution < 1.29 is 30.0 Å². The Morgan fingerprint density at radius 3 is 2.44 bits per heavy atom. The fourth-order valence-corrected chi connectivity index (χ4v) is 3.97. The number of methoxy groups -OCH3 is 1. The zero-order chi connectivity index (χ0) is 18.0. The number of rotatable bonds is 1. The van der Waals surface area contributed by atoms with E-state index in [0.29, 0.717) is 16.9 Å². The lowest BCUT2D eigenvalue weighted by molar-refractivity contribution is -0.0693. The second-order valence-electron chi connectivity index (χ2n) is 6.60. The van der Waals surface area contributed by atoms with E-state index in [4.69, 9.17) is 4.74 Å². The van der Waals surface area contributed by atoms with E-state index in [9.17, 15) is 25.2 Å². The molecule has 0 spiro atoms. The number of aromatic hydroxyl groups is 1. The van der Waals surface area contributed by atoms with E-state index in [1.807, 2.05) is 0 Å². The SMILES string of the molecule is COc1cccc2c1-c1c(O)cc3c(c1C2=O)[C@@H](O)[C@H](O)[C@H](C)[C@@H]3O. The monoisotopic (exact) mass is 342 g/mol. The van der Waals surface area contributed by atoms with Crippen LogP contribution in [-0.4, -0.2) is 39.4 Å². The van der Waals surface area contributed by atoms with Gasteiger partial charge in [-0.15, -0.1) is 0 Å². The largest absolute Gasteiger partial charge is 0.507 e. The van der Waals surface area contributed by atoms with Crippen molar-refractivity contribution in [2.24, 2.45) is 5.92 Å². The third-order valence-corrected chi connectivity index (χ3v) is 5.32. The van der Waals surface area contributed by atoms with Crippen molar-refractivity contribution in [2.75, 3.05) is 7.11 Å². The second-order valence-corrected chi connectivity index (χ2v) is 6.60. The summed E-state index contributed by atoms with van der Waals surface area (Å²) in [7, 11) is 1.47. The molecule has 0 bridgehead atoms. The van der Waals surface area contributed by atoms with Gasteiger partial charge in [-0.25, -0.2) is 0 Å². The first-order valence-electron chi connectivity index (χ1n) is 8.04. The fourth-order valence-electron chi connectivity index (χ4n) is 3.97. The lowest BCUT2D eigenvalue weighted by Crippen LogP contribution is -2.36. The molecule has 2 aromatic carbocycles. The molecule has 4 atom stereocenters. The molecule has 0 fully saturated rings. The second kappa shape index (κ2) is 5.29. The lowest BCUT2D eigenvalue weighted by atomic mass is 9.75. The molecule has 4 N–H and O–H groups in total. The van der Waals surface area contributed by atoms with Crippen LogP contribution in [-0.2, 0) is 0 Å². The molecule has 0 aliphatic heterocycles. The van der Waals surface area contributed by atoms with E-state index in [1.54, 1.807) is 25.1 Å². The van der Waals surface area contributed by atoms with Crippen molar-refractivity contribution >= 4 is 5.78 Å². The van der Waals surface area contributed by atoms with Crippen LogP contribution in [0.15, 0.2) is 24.3 Å². The van der Waals surface area contributed by atoms with Gasteiger partial charge in [0.15, 0.2) is 5.78 Å². The molecule has 6 nitrogen and oxygen atoms in total. The molecule has 2 aliphatic carbocycles. The summed E-state index contributed by atoms with van der Waals surface area (Å²) in [6.07, 6.45) is -3.63. The van der Waals surface area contributed by atoms with E-state index in [2.05, 4.69) is 0 Å². The van der Waals surface area contributed by atoms with Crippen molar-refractivity contribution in [3.05, 3.63) is 46.5 Å². The van der Waals surface area contributed by atoms with Crippen molar-refractivity contribution in [1.82, 2.24) is 0 Å². The minimum absolute atomic E-state index is 0.118. The van der Waals surface area contributed by atoms with Gasteiger partial charge in [-0.05, 0) is 17.7 Å². The zero-order valence-corrected chi connectivity index (χ0v) is 13.7. The molecule has 0 aromatic heterocycles. The van der Waals surface area contributed by atoms with Crippen LogP contribution in [0.5, 0.6) is 11.5 Å². The highest BCUT2D eigenvalue weighted by Crippen LogP contribution is 2.53. The summed E-state index contributed by atoms with van der Waals surface area (Å²) in [5, 5.41) is 41.9. The molecule has 4 rings (SSSR count). The van der Waals surface area contributed by atoms with Crippen molar-refractivity contribution in [3.8, 4) is 22.6 Å². The highest BCUT2D eigenvalue weighted by Gasteiger charge is 2.45. The zero-order valence-electron chi connectivity index (χ0n) is 13.7. The third kappa shape index (κ3) is 1.93. The smallest absolute Gasteiger partial charge is 0.194 e. The average molecular weight is 342 g/mol. The molecule has 130 valence electrons. The first-order valence-corrected chi connectivity index (χ1v) is 8.04. The number of carbonyl (C=O) groups excluding carboxylic acids is 1. The number of fused-ring (bicyclic) bond motifs is 5. The fraction of sp³-hybridized carbons (Fsp3) is 0.316. The highest BCUT2D eigenvalue weighted by atomic mass is 16.5. The van der Waals surface area contributed by atoms with Gasteiger partial charge < -0.3 is 25.2 Å². The van der Waals surface area contributed by atoms with Gasteiger partial charge in [-0.3, -0.25) is 4.79 Å².